The molecule has 208 valence electrons. The number of aromatic amines is 1. The highest BCUT2D eigenvalue weighted by atomic mass is 35.5. The fourth-order valence-corrected chi connectivity index (χ4v) is 4.93. The molecule has 4 rings (SSSR count). The Kier molecular flexibility index (Phi) is 9.43. The Morgan fingerprint density at radius 3 is 2.51 bits per heavy atom. The van der Waals surface area contributed by atoms with Gasteiger partial charge in [-0.2, -0.15) is 5.10 Å². The van der Waals surface area contributed by atoms with Crippen LogP contribution in [0.1, 0.15) is 46.2 Å². The minimum Gasteiger partial charge on any atom is -0.492 e. The molecule has 3 aromatic heterocycles. The minimum atomic E-state index is -0.767. The minimum absolute atomic E-state index is 0.556. The predicted molar refractivity (Wildman–Crippen MR) is 157 cm³/mol. The van der Waals surface area contributed by atoms with Crippen LogP contribution in [0.15, 0.2) is 49.1 Å². The molecule has 8 nitrogen and oxygen atoms in total. The first-order valence-corrected chi connectivity index (χ1v) is 14.0. The number of nitrogens with one attached hydrogen (secondary N) is 1. The number of rotatable bonds is 13. The van der Waals surface area contributed by atoms with Gasteiger partial charge in [0.25, 0.3) is 0 Å². The summed E-state index contributed by atoms with van der Waals surface area (Å²) in [6.07, 6.45) is 8.78. The van der Waals surface area contributed by atoms with Crippen LogP contribution in [0, 0.1) is 6.92 Å². The van der Waals surface area contributed by atoms with Crippen molar-refractivity contribution < 1.29 is 9.84 Å². The van der Waals surface area contributed by atoms with Crippen LogP contribution in [-0.4, -0.2) is 66.6 Å². The van der Waals surface area contributed by atoms with Gasteiger partial charge >= 0.3 is 0 Å². The molecule has 4 aromatic rings. The highest BCUT2D eigenvalue weighted by Gasteiger charge is 2.24. The number of H-pyrrole nitrogens is 1. The van der Waals surface area contributed by atoms with Gasteiger partial charge in [0.1, 0.15) is 5.75 Å². The van der Waals surface area contributed by atoms with E-state index in [4.69, 9.17) is 16.3 Å². The van der Waals surface area contributed by atoms with Crippen LogP contribution < -0.4 is 4.74 Å². The SMILES string of the molecule is CCN(CC)CCCOc1cccc(-c2c[nH]c(-c3cnn(CCC(C)(C)O)c3C)c2-c2ncccn2)c1Cl. The molecule has 2 N–H and O–H groups in total. The molecule has 0 saturated carbocycles. The smallest absolute Gasteiger partial charge is 0.161 e. The molecule has 0 aliphatic heterocycles. The van der Waals surface area contributed by atoms with Crippen molar-refractivity contribution in [1.82, 2.24) is 29.6 Å². The number of hydrogen-bond donors (Lipinski definition) is 2. The van der Waals surface area contributed by atoms with Crippen molar-refractivity contribution in [2.45, 2.75) is 59.6 Å². The fourth-order valence-electron chi connectivity index (χ4n) is 4.65. The van der Waals surface area contributed by atoms with E-state index in [1.165, 1.54) is 0 Å². The van der Waals surface area contributed by atoms with E-state index in [2.05, 4.69) is 38.8 Å². The van der Waals surface area contributed by atoms with Gasteiger partial charge < -0.3 is 19.7 Å². The second-order valence-corrected chi connectivity index (χ2v) is 10.7. The Morgan fingerprint density at radius 1 is 1.08 bits per heavy atom. The Labute approximate surface area is 236 Å². The summed E-state index contributed by atoms with van der Waals surface area (Å²) in [7, 11) is 0. The van der Waals surface area contributed by atoms with E-state index in [9.17, 15) is 5.11 Å². The maximum atomic E-state index is 10.2. The van der Waals surface area contributed by atoms with Crippen molar-refractivity contribution in [3.05, 3.63) is 59.8 Å². The third-order valence-electron chi connectivity index (χ3n) is 7.00. The molecule has 0 aliphatic rings. The standard InChI is InChI=1S/C30H39ClN6O2/c1-6-36(7-2)16-10-18-39-25-12-8-11-22(27(25)31)24-19-34-28(26(24)29-32-14-9-15-33-29)23-20-35-37(21(23)3)17-13-30(4,5)38/h8-9,11-12,14-15,19-20,34,38H,6-7,10,13,16-18H2,1-5H3. The van der Waals surface area contributed by atoms with Crippen LogP contribution >= 0.6 is 11.6 Å². The zero-order valence-electron chi connectivity index (χ0n) is 23.5. The first-order chi connectivity index (χ1) is 18.7. The Balaban J connectivity index is 1.68. The monoisotopic (exact) mass is 550 g/mol. The van der Waals surface area contributed by atoms with Crippen molar-refractivity contribution in [2.75, 3.05) is 26.2 Å². The van der Waals surface area contributed by atoms with Gasteiger partial charge in [-0.25, -0.2) is 9.97 Å². The predicted octanol–water partition coefficient (Wildman–Crippen LogP) is 6.24. The van der Waals surface area contributed by atoms with E-state index in [0.717, 1.165) is 59.7 Å². The molecule has 1 aromatic carbocycles. The van der Waals surface area contributed by atoms with Gasteiger partial charge in [0.2, 0.25) is 0 Å². The topological polar surface area (TPSA) is 92.1 Å². The average molecular weight is 551 g/mol. The number of benzene rings is 1. The summed E-state index contributed by atoms with van der Waals surface area (Å²) in [5.74, 6) is 1.25. The number of hydrogen-bond acceptors (Lipinski definition) is 6. The lowest BCUT2D eigenvalue weighted by atomic mass is 9.99. The number of aromatic nitrogens is 5. The van der Waals surface area contributed by atoms with Crippen molar-refractivity contribution in [1.29, 1.82) is 0 Å². The molecule has 39 heavy (non-hydrogen) atoms. The maximum absolute atomic E-state index is 10.2. The molecule has 0 radical (unpaired) electrons. The van der Waals surface area contributed by atoms with Gasteiger partial charge in [0.15, 0.2) is 5.82 Å². The molecular weight excluding hydrogens is 512 g/mol. The van der Waals surface area contributed by atoms with Crippen molar-refractivity contribution in [3.63, 3.8) is 0 Å². The number of halogens is 1. The lowest BCUT2D eigenvalue weighted by Crippen LogP contribution is -2.25. The summed E-state index contributed by atoms with van der Waals surface area (Å²) in [5.41, 5.74) is 4.61. The molecule has 0 aliphatic carbocycles. The second-order valence-electron chi connectivity index (χ2n) is 10.3. The lowest BCUT2D eigenvalue weighted by molar-refractivity contribution is 0.0649. The second kappa shape index (κ2) is 12.8. The van der Waals surface area contributed by atoms with Crippen molar-refractivity contribution in [3.8, 4) is 39.5 Å². The van der Waals surface area contributed by atoms with E-state index < -0.39 is 5.60 Å². The summed E-state index contributed by atoms with van der Waals surface area (Å²) in [6.45, 7) is 14.2. The van der Waals surface area contributed by atoms with E-state index in [-0.39, 0.29) is 0 Å². The van der Waals surface area contributed by atoms with Crippen LogP contribution in [0.5, 0.6) is 5.75 Å². The highest BCUT2D eigenvalue weighted by Crippen LogP contribution is 2.43. The molecule has 0 bridgehead atoms. The lowest BCUT2D eigenvalue weighted by Gasteiger charge is -2.18. The maximum Gasteiger partial charge on any atom is 0.161 e. The molecule has 0 fully saturated rings. The normalized spacial score (nSPS) is 11.9. The number of ether oxygens (including phenoxy) is 1. The summed E-state index contributed by atoms with van der Waals surface area (Å²) in [6, 6.07) is 7.66. The van der Waals surface area contributed by atoms with Gasteiger partial charge in [0, 0.05) is 54.1 Å². The van der Waals surface area contributed by atoms with E-state index in [1.54, 1.807) is 18.5 Å². The third-order valence-corrected chi connectivity index (χ3v) is 7.39. The van der Waals surface area contributed by atoms with Gasteiger partial charge in [-0.1, -0.05) is 37.6 Å². The van der Waals surface area contributed by atoms with Crippen LogP contribution in [0.2, 0.25) is 5.02 Å². The zero-order chi connectivity index (χ0) is 28.0. The first-order valence-electron chi connectivity index (χ1n) is 13.6. The Bertz CT molecular complexity index is 1360. The van der Waals surface area contributed by atoms with E-state index >= 15 is 0 Å². The van der Waals surface area contributed by atoms with E-state index in [0.29, 0.717) is 36.2 Å². The Morgan fingerprint density at radius 2 is 1.82 bits per heavy atom. The van der Waals surface area contributed by atoms with Gasteiger partial charge in [-0.3, -0.25) is 4.68 Å². The third kappa shape index (κ3) is 6.87. The number of aliphatic hydroxyl groups is 1. The fraction of sp³-hybridized carbons (Fsp3) is 0.433. The zero-order valence-corrected chi connectivity index (χ0v) is 24.3. The van der Waals surface area contributed by atoms with E-state index in [1.807, 2.05) is 56.0 Å². The van der Waals surface area contributed by atoms with Crippen molar-refractivity contribution >= 4 is 11.6 Å². The first kappa shape index (κ1) is 28.8. The Hall–Kier alpha value is -3.20. The molecule has 9 heteroatoms. The van der Waals surface area contributed by atoms with Gasteiger partial charge in [-0.15, -0.1) is 0 Å². The highest BCUT2D eigenvalue weighted by molar-refractivity contribution is 6.35. The molecular formula is C30H39ClN6O2. The largest absolute Gasteiger partial charge is 0.492 e. The molecule has 0 saturated heterocycles. The van der Waals surface area contributed by atoms with Gasteiger partial charge in [0.05, 0.1) is 34.7 Å². The average Bonchev–Trinajstić information content (AvgIpc) is 3.51. The van der Waals surface area contributed by atoms with Gasteiger partial charge in [-0.05, 0) is 58.8 Å². The van der Waals surface area contributed by atoms with Crippen LogP contribution in [0.3, 0.4) is 0 Å². The van der Waals surface area contributed by atoms with Crippen LogP contribution in [0.4, 0.5) is 0 Å². The molecule has 0 spiro atoms. The summed E-state index contributed by atoms with van der Waals surface area (Å²) in [4.78, 5) is 15.0. The quantitative estimate of drug-likeness (QED) is 0.192. The summed E-state index contributed by atoms with van der Waals surface area (Å²) in [5, 5.41) is 15.4. The van der Waals surface area contributed by atoms with Crippen LogP contribution in [0.25, 0.3) is 33.8 Å². The summed E-state index contributed by atoms with van der Waals surface area (Å²) < 4.78 is 8.04. The van der Waals surface area contributed by atoms with Crippen LogP contribution in [-0.2, 0) is 6.54 Å². The summed E-state index contributed by atoms with van der Waals surface area (Å²) >= 11 is 6.94. The molecule has 0 amide bonds. The molecule has 0 atom stereocenters. The molecule has 0 unspecified atom stereocenters. The van der Waals surface area contributed by atoms with Crippen molar-refractivity contribution in [2.24, 2.45) is 0 Å². The number of nitrogens with zero attached hydrogens (tertiary/aromatic N) is 5. The molecule has 3 heterocycles. The number of aryl methyl sites for hydroxylation is 1.